The van der Waals surface area contributed by atoms with Gasteiger partial charge in [-0.15, -0.1) is 0 Å². The summed E-state index contributed by atoms with van der Waals surface area (Å²) in [5, 5.41) is 7.84. The van der Waals surface area contributed by atoms with Crippen LogP contribution in [-0.2, 0) is 24.2 Å². The molecule has 1 N–H and O–H groups in total. The van der Waals surface area contributed by atoms with Crippen molar-refractivity contribution >= 4 is 5.91 Å². The Bertz CT molecular complexity index is 948. The van der Waals surface area contributed by atoms with Gasteiger partial charge in [0.25, 0.3) is 0 Å². The number of hydrogen-bond donors (Lipinski definition) is 1. The quantitative estimate of drug-likeness (QED) is 0.663. The van der Waals surface area contributed by atoms with Crippen LogP contribution in [0.3, 0.4) is 0 Å². The van der Waals surface area contributed by atoms with Gasteiger partial charge in [-0.05, 0) is 48.9 Å². The molecule has 1 amide bonds. The molecule has 1 heterocycles. The fourth-order valence-electron chi connectivity index (χ4n) is 3.98. The maximum Gasteiger partial charge on any atom is 0.220 e. The van der Waals surface area contributed by atoms with Crippen LogP contribution in [0.2, 0.25) is 0 Å². The Labute approximate surface area is 171 Å². The van der Waals surface area contributed by atoms with E-state index in [9.17, 15) is 4.79 Å². The molecule has 1 atom stereocenters. The number of methoxy groups -OCH3 is 1. The standard InChI is InChI=1S/C24H27N3O2/c1-29-20-13-10-18(11-14-20)12-15-24(28)26-22-8-5-9-23-21(22)16-25-27(23)17-19-6-3-2-4-7-19/h2-4,6-7,10-11,13-14,16,22H,5,8-9,12,15,17H2,1H3,(H,26,28)/t22-/m1/s1. The van der Waals surface area contributed by atoms with Gasteiger partial charge in [-0.1, -0.05) is 42.5 Å². The molecule has 0 fully saturated rings. The molecule has 2 aromatic carbocycles. The third kappa shape index (κ3) is 4.67. The van der Waals surface area contributed by atoms with Gasteiger partial charge >= 0.3 is 0 Å². The van der Waals surface area contributed by atoms with Crippen LogP contribution in [0.1, 0.15) is 47.7 Å². The lowest BCUT2D eigenvalue weighted by Crippen LogP contribution is -2.31. The number of carbonyl (C=O) groups excluding carboxylic acids is 1. The van der Waals surface area contributed by atoms with Crippen molar-refractivity contribution in [3.63, 3.8) is 0 Å². The van der Waals surface area contributed by atoms with Crippen LogP contribution in [0, 0.1) is 0 Å². The van der Waals surface area contributed by atoms with Crippen molar-refractivity contribution in [1.82, 2.24) is 15.1 Å². The SMILES string of the molecule is COc1ccc(CCC(=O)N[C@@H]2CCCc3c2cnn3Cc2ccccc2)cc1. The Hall–Kier alpha value is -3.08. The Kier molecular flexibility index (Phi) is 5.94. The van der Waals surface area contributed by atoms with Gasteiger partial charge in [0, 0.05) is 17.7 Å². The van der Waals surface area contributed by atoms with Crippen LogP contribution >= 0.6 is 0 Å². The summed E-state index contributed by atoms with van der Waals surface area (Å²) in [6.45, 7) is 0.772. The molecule has 0 saturated heterocycles. The van der Waals surface area contributed by atoms with Crippen molar-refractivity contribution in [3.8, 4) is 5.75 Å². The number of nitrogens with zero attached hydrogens (tertiary/aromatic N) is 2. The zero-order chi connectivity index (χ0) is 20.1. The first-order valence-electron chi connectivity index (χ1n) is 10.2. The molecule has 1 aliphatic rings. The summed E-state index contributed by atoms with van der Waals surface area (Å²) in [6, 6.07) is 18.3. The average molecular weight is 389 g/mol. The number of hydrogen-bond acceptors (Lipinski definition) is 3. The molecule has 0 spiro atoms. The molecule has 1 aromatic heterocycles. The summed E-state index contributed by atoms with van der Waals surface area (Å²) in [7, 11) is 1.66. The highest BCUT2D eigenvalue weighted by Crippen LogP contribution is 2.30. The lowest BCUT2D eigenvalue weighted by molar-refractivity contribution is -0.121. The van der Waals surface area contributed by atoms with Crippen LogP contribution in [0.15, 0.2) is 60.8 Å². The van der Waals surface area contributed by atoms with Gasteiger partial charge < -0.3 is 10.1 Å². The van der Waals surface area contributed by atoms with Crippen molar-refractivity contribution in [2.45, 2.75) is 44.7 Å². The average Bonchev–Trinajstić information content (AvgIpc) is 3.17. The smallest absolute Gasteiger partial charge is 0.220 e. The largest absolute Gasteiger partial charge is 0.497 e. The van der Waals surface area contributed by atoms with Crippen molar-refractivity contribution in [3.05, 3.63) is 83.2 Å². The van der Waals surface area contributed by atoms with E-state index in [2.05, 4.69) is 39.4 Å². The second-order valence-corrected chi connectivity index (χ2v) is 7.55. The number of carbonyl (C=O) groups is 1. The van der Waals surface area contributed by atoms with Crippen molar-refractivity contribution in [2.24, 2.45) is 0 Å². The van der Waals surface area contributed by atoms with Gasteiger partial charge in [-0.3, -0.25) is 9.48 Å². The van der Waals surface area contributed by atoms with Gasteiger partial charge in [0.1, 0.15) is 5.75 Å². The molecule has 3 aromatic rings. The van der Waals surface area contributed by atoms with Gasteiger partial charge in [0.15, 0.2) is 0 Å². The van der Waals surface area contributed by atoms with E-state index in [1.807, 2.05) is 36.5 Å². The first-order valence-corrected chi connectivity index (χ1v) is 10.2. The lowest BCUT2D eigenvalue weighted by atomic mass is 9.92. The van der Waals surface area contributed by atoms with Gasteiger partial charge in [0.05, 0.1) is 25.9 Å². The monoisotopic (exact) mass is 389 g/mol. The molecule has 4 rings (SSSR count). The van der Waals surface area contributed by atoms with E-state index in [1.165, 1.54) is 16.8 Å². The van der Waals surface area contributed by atoms with Gasteiger partial charge in [0.2, 0.25) is 5.91 Å². The number of rotatable bonds is 7. The second-order valence-electron chi connectivity index (χ2n) is 7.55. The minimum atomic E-state index is 0.0617. The molecule has 0 unspecified atom stereocenters. The number of amides is 1. The van der Waals surface area contributed by atoms with Crippen LogP contribution < -0.4 is 10.1 Å². The highest BCUT2D eigenvalue weighted by molar-refractivity contribution is 5.76. The van der Waals surface area contributed by atoms with Crippen LogP contribution in [0.5, 0.6) is 5.75 Å². The summed E-state index contributed by atoms with van der Waals surface area (Å²) >= 11 is 0. The molecule has 0 radical (unpaired) electrons. The third-order valence-electron chi connectivity index (χ3n) is 5.57. The summed E-state index contributed by atoms with van der Waals surface area (Å²) < 4.78 is 7.26. The topological polar surface area (TPSA) is 56.1 Å². The highest BCUT2D eigenvalue weighted by atomic mass is 16.5. The molecule has 5 heteroatoms. The molecule has 0 bridgehead atoms. The summed E-state index contributed by atoms with van der Waals surface area (Å²) in [4.78, 5) is 12.6. The number of fused-ring (bicyclic) bond motifs is 1. The second kappa shape index (κ2) is 8.95. The summed E-state index contributed by atoms with van der Waals surface area (Å²) in [5.74, 6) is 0.926. The Morgan fingerprint density at radius 3 is 2.69 bits per heavy atom. The van der Waals surface area contributed by atoms with Gasteiger partial charge in [-0.25, -0.2) is 0 Å². The van der Waals surface area contributed by atoms with Crippen molar-refractivity contribution < 1.29 is 9.53 Å². The fraction of sp³-hybridized carbons (Fsp3) is 0.333. The third-order valence-corrected chi connectivity index (χ3v) is 5.57. The normalized spacial score (nSPS) is 15.6. The fourth-order valence-corrected chi connectivity index (χ4v) is 3.98. The van der Waals surface area contributed by atoms with Crippen LogP contribution in [0.25, 0.3) is 0 Å². The molecule has 5 nitrogen and oxygen atoms in total. The molecule has 0 aliphatic heterocycles. The maximum atomic E-state index is 12.6. The zero-order valence-electron chi connectivity index (χ0n) is 16.8. The number of ether oxygens (including phenoxy) is 1. The van der Waals surface area contributed by atoms with E-state index in [4.69, 9.17) is 4.74 Å². The Morgan fingerprint density at radius 2 is 1.93 bits per heavy atom. The number of aromatic nitrogens is 2. The van der Waals surface area contributed by atoms with Crippen molar-refractivity contribution in [2.75, 3.05) is 7.11 Å². The molecule has 0 saturated carbocycles. The highest BCUT2D eigenvalue weighted by Gasteiger charge is 2.25. The Balaban J connectivity index is 1.37. The lowest BCUT2D eigenvalue weighted by Gasteiger charge is -2.24. The number of nitrogens with one attached hydrogen (secondary N) is 1. The first kappa shape index (κ1) is 19.2. The van der Waals surface area contributed by atoms with E-state index < -0.39 is 0 Å². The van der Waals surface area contributed by atoms with E-state index >= 15 is 0 Å². The van der Waals surface area contributed by atoms with E-state index in [-0.39, 0.29) is 11.9 Å². The Morgan fingerprint density at radius 1 is 1.14 bits per heavy atom. The predicted molar refractivity (Wildman–Crippen MR) is 113 cm³/mol. The van der Waals surface area contributed by atoms with Gasteiger partial charge in [-0.2, -0.15) is 5.10 Å². The van der Waals surface area contributed by atoms with E-state index in [1.54, 1.807) is 7.11 Å². The molecular formula is C24H27N3O2. The molecule has 1 aliphatic carbocycles. The summed E-state index contributed by atoms with van der Waals surface area (Å²) in [6.07, 6.45) is 6.19. The predicted octanol–water partition coefficient (Wildman–Crippen LogP) is 4.07. The maximum absolute atomic E-state index is 12.6. The zero-order valence-corrected chi connectivity index (χ0v) is 16.8. The minimum absolute atomic E-state index is 0.0617. The first-order chi connectivity index (χ1) is 14.2. The van der Waals surface area contributed by atoms with E-state index in [0.29, 0.717) is 6.42 Å². The number of benzene rings is 2. The van der Waals surface area contributed by atoms with E-state index in [0.717, 1.165) is 43.5 Å². The number of aryl methyl sites for hydroxylation is 1. The van der Waals surface area contributed by atoms with Crippen molar-refractivity contribution in [1.29, 1.82) is 0 Å². The molecule has 150 valence electrons. The molecule has 29 heavy (non-hydrogen) atoms. The van der Waals surface area contributed by atoms with Crippen LogP contribution in [-0.4, -0.2) is 22.8 Å². The minimum Gasteiger partial charge on any atom is -0.497 e. The summed E-state index contributed by atoms with van der Waals surface area (Å²) in [5.41, 5.74) is 4.80. The molecular weight excluding hydrogens is 362 g/mol. The van der Waals surface area contributed by atoms with Crippen LogP contribution in [0.4, 0.5) is 0 Å².